The smallest absolute Gasteiger partial charge is 0.288 e. The highest BCUT2D eigenvalue weighted by Gasteiger charge is 2.04. The number of benzene rings is 1. The number of rotatable bonds is 6. The number of thioether (sulfide) groups is 1. The number of nitrogens with one attached hydrogen (secondary N) is 1. The fourth-order valence-corrected chi connectivity index (χ4v) is 1.71. The van der Waals surface area contributed by atoms with Crippen molar-refractivity contribution in [2.24, 2.45) is 0 Å². The minimum atomic E-state index is -2.38. The lowest BCUT2D eigenvalue weighted by atomic mass is 10.2. The van der Waals surface area contributed by atoms with Gasteiger partial charge in [-0.2, -0.15) is 8.78 Å². The molecule has 0 radical (unpaired) electrons. The van der Waals surface area contributed by atoms with E-state index in [9.17, 15) is 8.78 Å². The van der Waals surface area contributed by atoms with Crippen molar-refractivity contribution in [3.05, 3.63) is 29.8 Å². The van der Waals surface area contributed by atoms with Gasteiger partial charge < -0.3 is 10.4 Å². The maximum Gasteiger partial charge on any atom is 0.288 e. The number of hydrogen-bond donors (Lipinski definition) is 2. The second-order valence-corrected chi connectivity index (χ2v) is 4.57. The number of aliphatic hydroxyl groups excluding tert-OH is 1. The van der Waals surface area contributed by atoms with Crippen LogP contribution in [0.1, 0.15) is 12.5 Å². The lowest BCUT2D eigenvalue weighted by Gasteiger charge is -2.07. The molecule has 2 nitrogen and oxygen atoms in total. The second kappa shape index (κ2) is 6.83. The molecule has 16 heavy (non-hydrogen) atoms. The molecule has 1 rings (SSSR count). The first kappa shape index (κ1) is 13.4. The molecule has 0 unspecified atom stereocenters. The molecule has 0 heterocycles. The summed E-state index contributed by atoms with van der Waals surface area (Å²) in [4.78, 5) is 0.564. The van der Waals surface area contributed by atoms with Crippen molar-refractivity contribution in [1.82, 2.24) is 5.32 Å². The van der Waals surface area contributed by atoms with Crippen LogP contribution in [0.5, 0.6) is 0 Å². The Labute approximate surface area is 98.1 Å². The highest BCUT2D eigenvalue weighted by atomic mass is 32.2. The molecule has 0 saturated heterocycles. The zero-order chi connectivity index (χ0) is 12.0. The third-order valence-electron chi connectivity index (χ3n) is 1.92. The minimum Gasteiger partial charge on any atom is -0.392 e. The van der Waals surface area contributed by atoms with Gasteiger partial charge in [0.25, 0.3) is 5.76 Å². The predicted octanol–water partition coefficient (Wildman–Crippen LogP) is 2.47. The van der Waals surface area contributed by atoms with Crippen molar-refractivity contribution in [3.8, 4) is 0 Å². The van der Waals surface area contributed by atoms with Gasteiger partial charge in [-0.3, -0.25) is 0 Å². The van der Waals surface area contributed by atoms with E-state index in [1.807, 2.05) is 0 Å². The average molecular weight is 247 g/mol. The molecule has 1 aromatic carbocycles. The van der Waals surface area contributed by atoms with Crippen molar-refractivity contribution < 1.29 is 13.9 Å². The van der Waals surface area contributed by atoms with E-state index in [2.05, 4.69) is 5.32 Å². The first-order valence-corrected chi connectivity index (χ1v) is 5.88. The molecule has 0 amide bonds. The van der Waals surface area contributed by atoms with E-state index in [-0.39, 0.29) is 6.10 Å². The van der Waals surface area contributed by atoms with Crippen LogP contribution in [-0.4, -0.2) is 23.5 Å². The zero-order valence-corrected chi connectivity index (χ0v) is 9.81. The lowest BCUT2D eigenvalue weighted by molar-refractivity contribution is 0.191. The molecule has 0 aliphatic rings. The van der Waals surface area contributed by atoms with Crippen LogP contribution < -0.4 is 5.32 Å². The van der Waals surface area contributed by atoms with E-state index in [1.54, 1.807) is 31.2 Å². The Morgan fingerprint density at radius 2 is 1.94 bits per heavy atom. The maximum atomic E-state index is 12.0. The van der Waals surface area contributed by atoms with E-state index in [0.717, 1.165) is 5.56 Å². The van der Waals surface area contributed by atoms with Gasteiger partial charge in [0.15, 0.2) is 0 Å². The summed E-state index contributed by atoms with van der Waals surface area (Å²) >= 11 is 0.542. The molecule has 0 fully saturated rings. The van der Waals surface area contributed by atoms with Gasteiger partial charge in [-0.15, -0.1) is 0 Å². The first-order chi connectivity index (χ1) is 7.58. The normalized spacial score (nSPS) is 13.1. The highest BCUT2D eigenvalue weighted by molar-refractivity contribution is 7.99. The van der Waals surface area contributed by atoms with Crippen LogP contribution in [0.15, 0.2) is 29.2 Å². The van der Waals surface area contributed by atoms with Gasteiger partial charge in [0.1, 0.15) is 0 Å². The van der Waals surface area contributed by atoms with Crippen LogP contribution in [0.3, 0.4) is 0 Å². The van der Waals surface area contributed by atoms with E-state index < -0.39 is 5.76 Å². The van der Waals surface area contributed by atoms with E-state index in [4.69, 9.17) is 5.11 Å². The Morgan fingerprint density at radius 3 is 2.44 bits per heavy atom. The fraction of sp³-hybridized carbons (Fsp3) is 0.455. The summed E-state index contributed by atoms with van der Waals surface area (Å²) in [6.45, 7) is 2.85. The third kappa shape index (κ3) is 5.44. The van der Waals surface area contributed by atoms with Crippen molar-refractivity contribution in [1.29, 1.82) is 0 Å². The summed E-state index contributed by atoms with van der Waals surface area (Å²) in [5.74, 6) is -2.38. The topological polar surface area (TPSA) is 32.3 Å². The Balaban J connectivity index is 2.39. The molecule has 0 spiro atoms. The number of halogens is 2. The largest absolute Gasteiger partial charge is 0.392 e. The Morgan fingerprint density at radius 1 is 1.31 bits per heavy atom. The van der Waals surface area contributed by atoms with E-state index in [0.29, 0.717) is 29.7 Å². The Bertz CT molecular complexity index is 303. The lowest BCUT2D eigenvalue weighted by Crippen LogP contribution is -2.23. The highest BCUT2D eigenvalue weighted by Crippen LogP contribution is 2.24. The standard InChI is InChI=1S/C11H15F2NOS/c1-8(15)6-14-7-9-2-4-10(5-3-9)16-11(12)13/h2-5,8,11,14-15H,6-7H2,1H3/t8-/m0/s1. The third-order valence-corrected chi connectivity index (χ3v) is 2.64. The summed E-state index contributed by atoms with van der Waals surface area (Å²) in [5, 5.41) is 12.1. The molecular weight excluding hydrogens is 232 g/mol. The molecule has 0 bridgehead atoms. The van der Waals surface area contributed by atoms with Gasteiger partial charge in [0.2, 0.25) is 0 Å². The molecular formula is C11H15F2NOS. The van der Waals surface area contributed by atoms with Crippen LogP contribution in [0, 0.1) is 0 Å². The number of aliphatic hydroxyl groups is 1. The molecule has 0 saturated carbocycles. The van der Waals surface area contributed by atoms with Gasteiger partial charge in [-0.25, -0.2) is 0 Å². The minimum absolute atomic E-state index is 0.381. The Kier molecular flexibility index (Phi) is 5.73. The molecule has 2 N–H and O–H groups in total. The fourth-order valence-electron chi connectivity index (χ4n) is 1.21. The van der Waals surface area contributed by atoms with Crippen molar-refractivity contribution in [2.45, 2.75) is 30.2 Å². The molecule has 90 valence electrons. The summed E-state index contributed by atoms with van der Waals surface area (Å²) < 4.78 is 24.1. The van der Waals surface area contributed by atoms with E-state index >= 15 is 0 Å². The van der Waals surface area contributed by atoms with Crippen LogP contribution in [-0.2, 0) is 6.54 Å². The van der Waals surface area contributed by atoms with Crippen LogP contribution in [0.4, 0.5) is 8.78 Å². The van der Waals surface area contributed by atoms with Gasteiger partial charge in [0.05, 0.1) is 6.10 Å². The van der Waals surface area contributed by atoms with Gasteiger partial charge in [0, 0.05) is 18.0 Å². The molecule has 0 aromatic heterocycles. The van der Waals surface area contributed by atoms with Crippen molar-refractivity contribution in [3.63, 3.8) is 0 Å². The van der Waals surface area contributed by atoms with Crippen LogP contribution >= 0.6 is 11.8 Å². The van der Waals surface area contributed by atoms with Gasteiger partial charge in [-0.1, -0.05) is 23.9 Å². The van der Waals surface area contributed by atoms with Crippen molar-refractivity contribution >= 4 is 11.8 Å². The van der Waals surface area contributed by atoms with Crippen molar-refractivity contribution in [2.75, 3.05) is 6.54 Å². The second-order valence-electron chi connectivity index (χ2n) is 3.50. The predicted molar refractivity (Wildman–Crippen MR) is 61.7 cm³/mol. The summed E-state index contributed by atoms with van der Waals surface area (Å²) in [7, 11) is 0. The Hall–Kier alpha value is -0.650. The SMILES string of the molecule is C[C@H](O)CNCc1ccc(SC(F)F)cc1. The van der Waals surface area contributed by atoms with E-state index in [1.165, 1.54) is 0 Å². The molecule has 5 heteroatoms. The van der Waals surface area contributed by atoms with Gasteiger partial charge in [-0.05, 0) is 24.6 Å². The molecule has 1 atom stereocenters. The maximum absolute atomic E-state index is 12.0. The molecule has 0 aliphatic heterocycles. The number of alkyl halides is 2. The average Bonchev–Trinajstić information content (AvgIpc) is 2.19. The van der Waals surface area contributed by atoms with Gasteiger partial charge >= 0.3 is 0 Å². The first-order valence-electron chi connectivity index (χ1n) is 5.00. The summed E-state index contributed by atoms with van der Waals surface area (Å²) in [6, 6.07) is 6.96. The quantitative estimate of drug-likeness (QED) is 0.757. The summed E-state index contributed by atoms with van der Waals surface area (Å²) in [5.41, 5.74) is 1.01. The molecule has 0 aliphatic carbocycles. The summed E-state index contributed by atoms with van der Waals surface area (Å²) in [6.07, 6.45) is -0.381. The van der Waals surface area contributed by atoms with Crippen LogP contribution in [0.25, 0.3) is 0 Å². The number of hydrogen-bond acceptors (Lipinski definition) is 3. The van der Waals surface area contributed by atoms with Crippen LogP contribution in [0.2, 0.25) is 0 Å². The molecule has 1 aromatic rings. The zero-order valence-electron chi connectivity index (χ0n) is 8.99. The monoisotopic (exact) mass is 247 g/mol.